The van der Waals surface area contributed by atoms with Gasteiger partial charge in [-0.15, -0.1) is 0 Å². The van der Waals surface area contributed by atoms with Gasteiger partial charge in [0.2, 0.25) is 5.91 Å². The van der Waals surface area contributed by atoms with Crippen molar-refractivity contribution in [2.75, 3.05) is 6.54 Å². The van der Waals surface area contributed by atoms with Gasteiger partial charge in [0.05, 0.1) is 0 Å². The molecule has 0 bridgehead atoms. The van der Waals surface area contributed by atoms with Gasteiger partial charge in [-0.05, 0) is 12.3 Å². The molecule has 0 aromatic carbocycles. The number of nitrogens with one attached hydrogen (secondary N) is 1. The standard InChI is InChI=1S/C12H25NO/c1-4-5-6-7-8-11(2)9-10-13-12(3)14/h11H,4-10H2,1-3H3,(H,13,14). The molecule has 1 atom stereocenters. The highest BCUT2D eigenvalue weighted by Crippen LogP contribution is 2.12. The number of hydrogen-bond acceptors (Lipinski definition) is 1. The molecule has 1 N–H and O–H groups in total. The molecule has 2 nitrogen and oxygen atoms in total. The predicted octanol–water partition coefficient (Wildman–Crippen LogP) is 3.12. The van der Waals surface area contributed by atoms with Gasteiger partial charge in [-0.3, -0.25) is 4.79 Å². The fraction of sp³-hybridized carbons (Fsp3) is 0.917. The molecule has 1 unspecified atom stereocenters. The van der Waals surface area contributed by atoms with Crippen molar-refractivity contribution in [3.63, 3.8) is 0 Å². The van der Waals surface area contributed by atoms with Gasteiger partial charge in [-0.2, -0.15) is 0 Å². The van der Waals surface area contributed by atoms with E-state index in [2.05, 4.69) is 19.2 Å². The van der Waals surface area contributed by atoms with E-state index in [-0.39, 0.29) is 5.91 Å². The normalized spacial score (nSPS) is 12.5. The van der Waals surface area contributed by atoms with Crippen molar-refractivity contribution in [1.82, 2.24) is 5.32 Å². The molecular weight excluding hydrogens is 174 g/mol. The summed E-state index contributed by atoms with van der Waals surface area (Å²) in [5, 5.41) is 2.84. The molecule has 0 rings (SSSR count). The zero-order valence-electron chi connectivity index (χ0n) is 9.94. The molecule has 2 heteroatoms. The lowest BCUT2D eigenvalue weighted by Gasteiger charge is -2.10. The molecule has 0 radical (unpaired) electrons. The van der Waals surface area contributed by atoms with Crippen LogP contribution in [0, 0.1) is 5.92 Å². The van der Waals surface area contributed by atoms with Crippen molar-refractivity contribution in [3.8, 4) is 0 Å². The molecule has 0 spiro atoms. The Bertz CT molecular complexity index is 145. The second kappa shape index (κ2) is 9.04. The minimum Gasteiger partial charge on any atom is -0.356 e. The molecule has 0 saturated heterocycles. The fourth-order valence-electron chi connectivity index (χ4n) is 1.56. The number of hydrogen-bond donors (Lipinski definition) is 1. The van der Waals surface area contributed by atoms with E-state index in [1.165, 1.54) is 32.1 Å². The van der Waals surface area contributed by atoms with E-state index in [4.69, 9.17) is 0 Å². The van der Waals surface area contributed by atoms with Gasteiger partial charge >= 0.3 is 0 Å². The first kappa shape index (κ1) is 13.5. The van der Waals surface area contributed by atoms with Crippen molar-refractivity contribution in [1.29, 1.82) is 0 Å². The molecule has 0 aliphatic heterocycles. The zero-order chi connectivity index (χ0) is 10.8. The monoisotopic (exact) mass is 199 g/mol. The topological polar surface area (TPSA) is 29.1 Å². The molecule has 0 heterocycles. The van der Waals surface area contributed by atoms with Crippen LogP contribution in [0.2, 0.25) is 0 Å². The Labute approximate surface area is 88.5 Å². The molecule has 1 amide bonds. The van der Waals surface area contributed by atoms with Gasteiger partial charge < -0.3 is 5.32 Å². The quantitative estimate of drug-likeness (QED) is 0.598. The highest BCUT2D eigenvalue weighted by molar-refractivity contribution is 5.72. The van der Waals surface area contributed by atoms with E-state index in [0.29, 0.717) is 0 Å². The zero-order valence-corrected chi connectivity index (χ0v) is 9.94. The number of carbonyl (C=O) groups excluding carboxylic acids is 1. The van der Waals surface area contributed by atoms with Crippen molar-refractivity contribution in [2.45, 2.75) is 59.3 Å². The van der Waals surface area contributed by atoms with Crippen LogP contribution in [0.5, 0.6) is 0 Å². The van der Waals surface area contributed by atoms with Gasteiger partial charge in [-0.25, -0.2) is 0 Å². The highest BCUT2D eigenvalue weighted by Gasteiger charge is 2.01. The van der Waals surface area contributed by atoms with Crippen LogP contribution in [-0.4, -0.2) is 12.5 Å². The first-order valence-electron chi connectivity index (χ1n) is 5.91. The van der Waals surface area contributed by atoms with Gasteiger partial charge in [0.25, 0.3) is 0 Å². The first-order chi connectivity index (χ1) is 6.66. The minimum absolute atomic E-state index is 0.0863. The second-order valence-corrected chi connectivity index (χ2v) is 4.23. The Hall–Kier alpha value is -0.530. The third-order valence-corrected chi connectivity index (χ3v) is 2.56. The lowest BCUT2D eigenvalue weighted by atomic mass is 9.99. The van der Waals surface area contributed by atoms with Crippen LogP contribution in [-0.2, 0) is 4.79 Å². The molecule has 0 saturated carbocycles. The lowest BCUT2D eigenvalue weighted by molar-refractivity contribution is -0.118. The maximum atomic E-state index is 10.6. The number of carbonyl (C=O) groups is 1. The molecule has 0 aliphatic carbocycles. The van der Waals surface area contributed by atoms with Gasteiger partial charge in [0.15, 0.2) is 0 Å². The molecule has 0 fully saturated rings. The Balaban J connectivity index is 3.19. The van der Waals surface area contributed by atoms with E-state index >= 15 is 0 Å². The third-order valence-electron chi connectivity index (χ3n) is 2.56. The van der Waals surface area contributed by atoms with E-state index < -0.39 is 0 Å². The van der Waals surface area contributed by atoms with Crippen LogP contribution >= 0.6 is 0 Å². The van der Waals surface area contributed by atoms with Gasteiger partial charge in [-0.1, -0.05) is 46.0 Å². The Morgan fingerprint density at radius 2 is 1.93 bits per heavy atom. The van der Waals surface area contributed by atoms with Crippen LogP contribution < -0.4 is 5.32 Å². The summed E-state index contributed by atoms with van der Waals surface area (Å²) in [5.41, 5.74) is 0. The van der Waals surface area contributed by atoms with Crippen LogP contribution in [0.25, 0.3) is 0 Å². The minimum atomic E-state index is 0.0863. The largest absolute Gasteiger partial charge is 0.356 e. The Morgan fingerprint density at radius 1 is 1.21 bits per heavy atom. The summed E-state index contributed by atoms with van der Waals surface area (Å²) in [4.78, 5) is 10.6. The van der Waals surface area contributed by atoms with Crippen molar-refractivity contribution in [2.24, 2.45) is 5.92 Å². The number of unbranched alkanes of at least 4 members (excludes halogenated alkanes) is 3. The van der Waals surface area contributed by atoms with Gasteiger partial charge in [0.1, 0.15) is 0 Å². The van der Waals surface area contributed by atoms with E-state index in [1.807, 2.05) is 0 Å². The van der Waals surface area contributed by atoms with Crippen LogP contribution in [0.3, 0.4) is 0 Å². The average Bonchev–Trinajstić information content (AvgIpc) is 2.12. The van der Waals surface area contributed by atoms with Crippen LogP contribution in [0.1, 0.15) is 59.3 Å². The van der Waals surface area contributed by atoms with E-state index in [0.717, 1.165) is 18.9 Å². The van der Waals surface area contributed by atoms with E-state index in [1.54, 1.807) is 6.92 Å². The second-order valence-electron chi connectivity index (χ2n) is 4.23. The predicted molar refractivity (Wildman–Crippen MR) is 61.2 cm³/mol. The maximum Gasteiger partial charge on any atom is 0.216 e. The fourth-order valence-corrected chi connectivity index (χ4v) is 1.56. The summed E-state index contributed by atoms with van der Waals surface area (Å²) in [5.74, 6) is 0.835. The summed E-state index contributed by atoms with van der Waals surface area (Å²) in [6.07, 6.45) is 7.79. The SMILES string of the molecule is CCCCCCC(C)CCNC(C)=O. The summed E-state index contributed by atoms with van der Waals surface area (Å²) >= 11 is 0. The Kier molecular flexibility index (Phi) is 8.70. The van der Waals surface area contributed by atoms with E-state index in [9.17, 15) is 4.79 Å². The summed E-state index contributed by atoms with van der Waals surface area (Å²) in [6.45, 7) is 6.92. The third kappa shape index (κ3) is 9.56. The number of rotatable bonds is 8. The highest BCUT2D eigenvalue weighted by atomic mass is 16.1. The molecule has 0 aromatic heterocycles. The van der Waals surface area contributed by atoms with Crippen molar-refractivity contribution in [3.05, 3.63) is 0 Å². The molecular formula is C12H25NO. The molecule has 14 heavy (non-hydrogen) atoms. The maximum absolute atomic E-state index is 10.6. The van der Waals surface area contributed by atoms with Crippen LogP contribution in [0.15, 0.2) is 0 Å². The summed E-state index contributed by atoms with van der Waals surface area (Å²) < 4.78 is 0. The number of amides is 1. The molecule has 0 aliphatic rings. The molecule has 0 aromatic rings. The average molecular weight is 199 g/mol. The first-order valence-corrected chi connectivity index (χ1v) is 5.91. The Morgan fingerprint density at radius 3 is 2.50 bits per heavy atom. The van der Waals surface area contributed by atoms with Crippen LogP contribution in [0.4, 0.5) is 0 Å². The van der Waals surface area contributed by atoms with Crippen molar-refractivity contribution >= 4 is 5.91 Å². The lowest BCUT2D eigenvalue weighted by Crippen LogP contribution is -2.22. The summed E-state index contributed by atoms with van der Waals surface area (Å²) in [7, 11) is 0. The van der Waals surface area contributed by atoms with Gasteiger partial charge in [0, 0.05) is 13.5 Å². The summed E-state index contributed by atoms with van der Waals surface area (Å²) in [6, 6.07) is 0. The van der Waals surface area contributed by atoms with Crippen molar-refractivity contribution < 1.29 is 4.79 Å². The smallest absolute Gasteiger partial charge is 0.216 e. The molecule has 84 valence electrons.